The Balaban J connectivity index is 1.45. The standard InChI is InChI=1S/C28H51N/c1-19(2)7-6-8-20(3)24-11-12-25-23-10-9-22-17-21(18-29)13-15-27(22,4)26(23)14-16-28(24,25)5/h19-26H,6-18,29H2,1-5H3/t20-,21+,22+,23+,24-,25+,26+,27+,28-/m1/s1. The van der Waals surface area contributed by atoms with Gasteiger partial charge in [-0.2, -0.15) is 0 Å². The van der Waals surface area contributed by atoms with Gasteiger partial charge in [0.2, 0.25) is 0 Å². The molecule has 29 heavy (non-hydrogen) atoms. The topological polar surface area (TPSA) is 26.0 Å². The van der Waals surface area contributed by atoms with Gasteiger partial charge in [0.05, 0.1) is 0 Å². The number of nitrogens with two attached hydrogens (primary N) is 1. The minimum atomic E-state index is 0.636. The van der Waals surface area contributed by atoms with E-state index in [1.54, 1.807) is 6.42 Å². The Morgan fingerprint density at radius 1 is 0.828 bits per heavy atom. The smallest absolute Gasteiger partial charge is 0.00488 e. The summed E-state index contributed by atoms with van der Waals surface area (Å²) in [5.41, 5.74) is 7.37. The van der Waals surface area contributed by atoms with E-state index in [9.17, 15) is 0 Å². The Labute approximate surface area is 182 Å². The molecule has 0 aliphatic heterocycles. The monoisotopic (exact) mass is 401 g/mol. The van der Waals surface area contributed by atoms with Crippen molar-refractivity contribution in [2.24, 2.45) is 63.9 Å². The lowest BCUT2D eigenvalue weighted by Crippen LogP contribution is -2.54. The average molecular weight is 402 g/mol. The van der Waals surface area contributed by atoms with Crippen LogP contribution in [0.2, 0.25) is 0 Å². The largest absolute Gasteiger partial charge is 0.330 e. The van der Waals surface area contributed by atoms with Crippen molar-refractivity contribution in [1.82, 2.24) is 0 Å². The molecule has 4 rings (SSSR count). The Bertz CT molecular complexity index is 555. The molecular weight excluding hydrogens is 350 g/mol. The van der Waals surface area contributed by atoms with Crippen molar-refractivity contribution in [1.29, 1.82) is 0 Å². The highest BCUT2D eigenvalue weighted by Crippen LogP contribution is 2.68. The molecule has 4 aliphatic carbocycles. The van der Waals surface area contributed by atoms with Crippen LogP contribution in [0.4, 0.5) is 0 Å². The number of fused-ring (bicyclic) bond motifs is 5. The molecule has 0 unspecified atom stereocenters. The predicted octanol–water partition coefficient (Wildman–Crippen LogP) is 7.68. The Kier molecular flexibility index (Phi) is 6.48. The van der Waals surface area contributed by atoms with Gasteiger partial charge in [-0.05, 0) is 123 Å². The fourth-order valence-electron chi connectivity index (χ4n) is 9.59. The summed E-state index contributed by atoms with van der Waals surface area (Å²) in [7, 11) is 0. The second kappa shape index (κ2) is 8.48. The van der Waals surface area contributed by atoms with Gasteiger partial charge < -0.3 is 5.73 Å². The van der Waals surface area contributed by atoms with Gasteiger partial charge in [-0.1, -0.05) is 53.9 Å². The molecule has 168 valence electrons. The van der Waals surface area contributed by atoms with Crippen molar-refractivity contribution in [3.63, 3.8) is 0 Å². The molecule has 0 saturated heterocycles. The van der Waals surface area contributed by atoms with Crippen LogP contribution in [0.5, 0.6) is 0 Å². The van der Waals surface area contributed by atoms with Gasteiger partial charge in [0.1, 0.15) is 0 Å². The lowest BCUT2D eigenvalue weighted by molar-refractivity contribution is -0.120. The molecule has 1 nitrogen and oxygen atoms in total. The maximum absolute atomic E-state index is 6.08. The Morgan fingerprint density at radius 2 is 1.55 bits per heavy atom. The summed E-state index contributed by atoms with van der Waals surface area (Å²) in [5.74, 6) is 7.69. The Morgan fingerprint density at radius 3 is 2.28 bits per heavy atom. The zero-order chi connectivity index (χ0) is 20.8. The van der Waals surface area contributed by atoms with E-state index < -0.39 is 0 Å². The van der Waals surface area contributed by atoms with Crippen LogP contribution in [-0.2, 0) is 0 Å². The van der Waals surface area contributed by atoms with Gasteiger partial charge >= 0.3 is 0 Å². The number of hydrogen-bond acceptors (Lipinski definition) is 1. The minimum Gasteiger partial charge on any atom is -0.330 e. The summed E-state index contributed by atoms with van der Waals surface area (Å²) in [4.78, 5) is 0. The van der Waals surface area contributed by atoms with E-state index in [1.165, 1.54) is 70.6 Å². The van der Waals surface area contributed by atoms with Crippen LogP contribution in [0.25, 0.3) is 0 Å². The molecule has 0 heterocycles. The maximum atomic E-state index is 6.08. The molecule has 4 fully saturated rings. The molecule has 4 aliphatic rings. The summed E-state index contributed by atoms with van der Waals surface area (Å²) in [6, 6.07) is 0. The van der Waals surface area contributed by atoms with Gasteiger partial charge in [-0.25, -0.2) is 0 Å². The van der Waals surface area contributed by atoms with Crippen LogP contribution in [0, 0.1) is 58.2 Å². The van der Waals surface area contributed by atoms with E-state index in [2.05, 4.69) is 34.6 Å². The minimum absolute atomic E-state index is 0.636. The molecule has 4 saturated carbocycles. The molecule has 0 radical (unpaired) electrons. The van der Waals surface area contributed by atoms with E-state index in [1.807, 2.05) is 0 Å². The molecule has 9 atom stereocenters. The van der Waals surface area contributed by atoms with Crippen molar-refractivity contribution in [3.05, 3.63) is 0 Å². The van der Waals surface area contributed by atoms with Crippen LogP contribution in [0.3, 0.4) is 0 Å². The molecule has 0 aromatic carbocycles. The first-order chi connectivity index (χ1) is 13.8. The molecule has 0 amide bonds. The normalized spacial score (nSPS) is 48.1. The van der Waals surface area contributed by atoms with Gasteiger partial charge in [0, 0.05) is 0 Å². The van der Waals surface area contributed by atoms with Crippen LogP contribution < -0.4 is 5.73 Å². The van der Waals surface area contributed by atoms with Gasteiger partial charge in [-0.3, -0.25) is 0 Å². The highest BCUT2D eigenvalue weighted by molar-refractivity contribution is 5.09. The van der Waals surface area contributed by atoms with Crippen molar-refractivity contribution in [3.8, 4) is 0 Å². The fourth-order valence-corrected chi connectivity index (χ4v) is 9.59. The summed E-state index contributed by atoms with van der Waals surface area (Å²) < 4.78 is 0. The molecule has 0 aromatic heterocycles. The second-order valence-electron chi connectivity index (χ2n) is 13.1. The van der Waals surface area contributed by atoms with Crippen molar-refractivity contribution in [2.45, 2.75) is 112 Å². The molecule has 0 spiro atoms. The first-order valence-electron chi connectivity index (χ1n) is 13.5. The fraction of sp³-hybridized carbons (Fsp3) is 1.00. The van der Waals surface area contributed by atoms with E-state index in [-0.39, 0.29) is 0 Å². The summed E-state index contributed by atoms with van der Waals surface area (Å²) in [6.45, 7) is 13.8. The van der Waals surface area contributed by atoms with Gasteiger partial charge in [-0.15, -0.1) is 0 Å². The summed E-state index contributed by atoms with van der Waals surface area (Å²) in [5, 5.41) is 0. The highest BCUT2D eigenvalue weighted by Gasteiger charge is 2.60. The van der Waals surface area contributed by atoms with E-state index >= 15 is 0 Å². The van der Waals surface area contributed by atoms with Crippen molar-refractivity contribution >= 4 is 0 Å². The third-order valence-corrected chi connectivity index (χ3v) is 11.3. The summed E-state index contributed by atoms with van der Waals surface area (Å²) in [6.07, 6.45) is 17.8. The van der Waals surface area contributed by atoms with E-state index in [0.29, 0.717) is 10.8 Å². The molecular formula is C28H51N. The lowest BCUT2D eigenvalue weighted by atomic mass is 9.44. The first kappa shape index (κ1) is 22.2. The highest BCUT2D eigenvalue weighted by atomic mass is 14.7. The third-order valence-electron chi connectivity index (χ3n) is 11.3. The lowest BCUT2D eigenvalue weighted by Gasteiger charge is -2.61. The quantitative estimate of drug-likeness (QED) is 0.485. The first-order valence-corrected chi connectivity index (χ1v) is 13.5. The molecule has 0 bridgehead atoms. The zero-order valence-electron chi connectivity index (χ0n) is 20.4. The molecule has 1 heteroatoms. The summed E-state index contributed by atoms with van der Waals surface area (Å²) >= 11 is 0. The van der Waals surface area contributed by atoms with Crippen LogP contribution in [0.15, 0.2) is 0 Å². The number of hydrogen-bond donors (Lipinski definition) is 1. The predicted molar refractivity (Wildman–Crippen MR) is 126 cm³/mol. The number of rotatable bonds is 6. The van der Waals surface area contributed by atoms with Crippen molar-refractivity contribution in [2.75, 3.05) is 6.54 Å². The van der Waals surface area contributed by atoms with Crippen molar-refractivity contribution < 1.29 is 0 Å². The third kappa shape index (κ3) is 3.85. The average Bonchev–Trinajstić information content (AvgIpc) is 3.04. The SMILES string of the molecule is CC(C)CCC[C@@H](C)[C@H]1CC[C@H]2[C@@H]3CC[C@H]4C[C@@H](CN)CC[C@]4(C)[C@H]3CC[C@]12C. The Hall–Kier alpha value is -0.0400. The van der Waals surface area contributed by atoms with Crippen LogP contribution in [-0.4, -0.2) is 6.54 Å². The molecule has 0 aromatic rings. The van der Waals surface area contributed by atoms with E-state index in [4.69, 9.17) is 5.73 Å². The second-order valence-corrected chi connectivity index (χ2v) is 13.1. The molecule has 2 N–H and O–H groups in total. The maximum Gasteiger partial charge on any atom is -0.00488 e. The van der Waals surface area contributed by atoms with Gasteiger partial charge in [0.25, 0.3) is 0 Å². The van der Waals surface area contributed by atoms with E-state index in [0.717, 1.165) is 53.9 Å². The van der Waals surface area contributed by atoms with Crippen LogP contribution >= 0.6 is 0 Å². The van der Waals surface area contributed by atoms with Crippen LogP contribution in [0.1, 0.15) is 112 Å². The van der Waals surface area contributed by atoms with Gasteiger partial charge in [0.15, 0.2) is 0 Å². The zero-order valence-corrected chi connectivity index (χ0v) is 20.4.